The Bertz CT molecular complexity index is 308. The largest absolute Gasteiger partial charge is 0.281 e. The summed E-state index contributed by atoms with van der Waals surface area (Å²) in [7, 11) is 0. The van der Waals surface area contributed by atoms with Crippen LogP contribution in [0, 0.1) is 0 Å². The molecule has 0 aromatic carbocycles. The smallest absolute Gasteiger partial charge is 0.123 e. The molecule has 2 heteroatoms. The van der Waals surface area contributed by atoms with Gasteiger partial charge in [-0.2, -0.15) is 0 Å². The first kappa shape index (κ1) is 6.53. The summed E-state index contributed by atoms with van der Waals surface area (Å²) >= 11 is 0. The van der Waals surface area contributed by atoms with Gasteiger partial charge in [0.15, 0.2) is 0 Å². The van der Waals surface area contributed by atoms with Gasteiger partial charge in [-0.05, 0) is 30.2 Å². The van der Waals surface area contributed by atoms with Crippen molar-refractivity contribution in [3.63, 3.8) is 0 Å². The van der Waals surface area contributed by atoms with Gasteiger partial charge in [-0.15, -0.1) is 0 Å². The minimum atomic E-state index is -0.180. The van der Waals surface area contributed by atoms with Gasteiger partial charge in [0.05, 0.1) is 6.04 Å². The fourth-order valence-corrected chi connectivity index (χ4v) is 1.31. The number of rotatable bonds is 0. The zero-order valence-corrected chi connectivity index (χ0v) is 6.21. The van der Waals surface area contributed by atoms with Crippen LogP contribution in [-0.2, 0) is 0 Å². The highest BCUT2D eigenvalue weighted by atomic mass is 19.1. The molecule has 0 saturated heterocycles. The van der Waals surface area contributed by atoms with Gasteiger partial charge in [0.1, 0.15) is 5.83 Å². The Morgan fingerprint density at radius 1 is 1.55 bits per heavy atom. The maximum atomic E-state index is 12.7. The fraction of sp³-hybridized carbons (Fsp3) is 0.222. The van der Waals surface area contributed by atoms with Gasteiger partial charge in [0, 0.05) is 6.21 Å². The van der Waals surface area contributed by atoms with Gasteiger partial charge in [-0.3, -0.25) is 4.99 Å². The molecule has 1 atom stereocenters. The van der Waals surface area contributed by atoms with E-state index in [9.17, 15) is 4.39 Å². The van der Waals surface area contributed by atoms with E-state index in [1.54, 1.807) is 18.4 Å². The molecule has 0 aromatic rings. The van der Waals surface area contributed by atoms with E-state index in [2.05, 4.69) is 4.99 Å². The molecule has 56 valence electrons. The molecule has 0 amide bonds. The van der Waals surface area contributed by atoms with Crippen LogP contribution in [0.2, 0.25) is 0 Å². The quantitative estimate of drug-likeness (QED) is 0.500. The van der Waals surface area contributed by atoms with Crippen LogP contribution in [0.1, 0.15) is 6.92 Å². The zero-order chi connectivity index (χ0) is 7.84. The van der Waals surface area contributed by atoms with Crippen LogP contribution in [-0.4, -0.2) is 12.3 Å². The molecule has 0 bridgehead atoms. The van der Waals surface area contributed by atoms with E-state index in [0.29, 0.717) is 0 Å². The fourth-order valence-electron chi connectivity index (χ4n) is 1.31. The van der Waals surface area contributed by atoms with E-state index in [0.717, 1.165) is 11.1 Å². The van der Waals surface area contributed by atoms with E-state index in [-0.39, 0.29) is 11.9 Å². The number of allylic oxidation sites excluding steroid dienone is 3. The van der Waals surface area contributed by atoms with Crippen LogP contribution in [0.4, 0.5) is 4.39 Å². The van der Waals surface area contributed by atoms with E-state index >= 15 is 0 Å². The van der Waals surface area contributed by atoms with Crippen molar-refractivity contribution in [2.24, 2.45) is 4.99 Å². The molecule has 1 nitrogen and oxygen atoms in total. The number of fused-ring (bicyclic) bond motifs is 1. The summed E-state index contributed by atoms with van der Waals surface area (Å²) in [6.07, 6.45) is 6.58. The third-order valence-corrected chi connectivity index (χ3v) is 1.93. The Balaban J connectivity index is 2.46. The summed E-state index contributed by atoms with van der Waals surface area (Å²) in [6, 6.07) is 0.0782. The lowest BCUT2D eigenvalue weighted by molar-refractivity contribution is 0.658. The van der Waals surface area contributed by atoms with Crippen LogP contribution < -0.4 is 0 Å². The summed E-state index contributed by atoms with van der Waals surface area (Å²) in [5, 5.41) is 0. The molecular weight excluding hydrogens is 141 g/mol. The van der Waals surface area contributed by atoms with E-state index in [4.69, 9.17) is 0 Å². The van der Waals surface area contributed by atoms with Crippen molar-refractivity contribution in [1.29, 1.82) is 0 Å². The standard InChI is InChI=1S/C9H8FN/c1-6-5-11-9-3-2-7(10)4-8(6)9/h2-5,9H,1H3/t9-/m0/s1. The summed E-state index contributed by atoms with van der Waals surface area (Å²) < 4.78 is 12.7. The second-order valence-electron chi connectivity index (χ2n) is 2.75. The van der Waals surface area contributed by atoms with Crippen LogP contribution in [0.3, 0.4) is 0 Å². The monoisotopic (exact) mass is 149 g/mol. The van der Waals surface area contributed by atoms with Gasteiger partial charge in [-0.1, -0.05) is 6.08 Å². The lowest BCUT2D eigenvalue weighted by atomic mass is 10.0. The number of hydrogen-bond donors (Lipinski definition) is 0. The van der Waals surface area contributed by atoms with E-state index in [1.165, 1.54) is 6.08 Å². The maximum absolute atomic E-state index is 12.7. The molecule has 1 heterocycles. The van der Waals surface area contributed by atoms with Gasteiger partial charge >= 0.3 is 0 Å². The molecule has 0 spiro atoms. The lowest BCUT2D eigenvalue weighted by Crippen LogP contribution is -2.03. The SMILES string of the molecule is CC1=C2C=C(F)C=C[C@@H]2N=C1. The van der Waals surface area contributed by atoms with Crippen molar-refractivity contribution in [3.8, 4) is 0 Å². The molecule has 0 unspecified atom stereocenters. The highest BCUT2D eigenvalue weighted by molar-refractivity contribution is 5.84. The lowest BCUT2D eigenvalue weighted by Gasteiger charge is -2.08. The Morgan fingerprint density at radius 2 is 2.36 bits per heavy atom. The van der Waals surface area contributed by atoms with Crippen molar-refractivity contribution >= 4 is 6.21 Å². The highest BCUT2D eigenvalue weighted by Gasteiger charge is 2.18. The molecule has 0 N–H and O–H groups in total. The predicted molar refractivity (Wildman–Crippen MR) is 43.3 cm³/mol. The van der Waals surface area contributed by atoms with Gasteiger partial charge in [-0.25, -0.2) is 4.39 Å². The molecule has 1 aliphatic heterocycles. The molecular formula is C9H8FN. The topological polar surface area (TPSA) is 12.4 Å². The molecule has 0 radical (unpaired) electrons. The van der Waals surface area contributed by atoms with Crippen LogP contribution in [0.5, 0.6) is 0 Å². The van der Waals surface area contributed by atoms with Crippen molar-refractivity contribution < 1.29 is 4.39 Å². The van der Waals surface area contributed by atoms with E-state index < -0.39 is 0 Å². The van der Waals surface area contributed by atoms with Crippen LogP contribution >= 0.6 is 0 Å². The number of aliphatic imine (C=N–C) groups is 1. The molecule has 0 saturated carbocycles. The van der Waals surface area contributed by atoms with Crippen molar-refractivity contribution in [1.82, 2.24) is 0 Å². The Hall–Kier alpha value is -1.18. The van der Waals surface area contributed by atoms with Crippen molar-refractivity contribution in [2.45, 2.75) is 13.0 Å². The zero-order valence-electron chi connectivity index (χ0n) is 6.21. The van der Waals surface area contributed by atoms with Crippen molar-refractivity contribution in [3.05, 3.63) is 35.2 Å². The third kappa shape index (κ3) is 0.946. The van der Waals surface area contributed by atoms with Crippen molar-refractivity contribution in [2.75, 3.05) is 0 Å². The Morgan fingerprint density at radius 3 is 3.18 bits per heavy atom. The van der Waals surface area contributed by atoms with Crippen LogP contribution in [0.25, 0.3) is 0 Å². The first-order valence-electron chi connectivity index (χ1n) is 3.57. The van der Waals surface area contributed by atoms with Gasteiger partial charge < -0.3 is 0 Å². The first-order chi connectivity index (χ1) is 5.27. The summed E-state index contributed by atoms with van der Waals surface area (Å²) in [5.41, 5.74) is 2.06. The number of hydrogen-bond acceptors (Lipinski definition) is 1. The Labute approximate surface area is 64.6 Å². The first-order valence-corrected chi connectivity index (χ1v) is 3.57. The molecule has 2 aliphatic rings. The average molecular weight is 149 g/mol. The maximum Gasteiger partial charge on any atom is 0.123 e. The normalized spacial score (nSPS) is 27.5. The Kier molecular flexibility index (Phi) is 1.28. The third-order valence-electron chi connectivity index (χ3n) is 1.93. The van der Waals surface area contributed by atoms with Gasteiger partial charge in [0.25, 0.3) is 0 Å². The second-order valence-corrected chi connectivity index (χ2v) is 2.75. The summed E-state index contributed by atoms with van der Waals surface area (Å²) in [5.74, 6) is -0.180. The molecule has 2 rings (SSSR count). The molecule has 1 aliphatic carbocycles. The van der Waals surface area contributed by atoms with E-state index in [1.807, 2.05) is 6.92 Å². The second kappa shape index (κ2) is 2.16. The molecule has 11 heavy (non-hydrogen) atoms. The summed E-state index contributed by atoms with van der Waals surface area (Å²) in [4.78, 5) is 4.18. The number of nitrogens with zero attached hydrogens (tertiary/aromatic N) is 1. The minimum absolute atomic E-state index is 0.0782. The molecule has 0 aromatic heterocycles. The highest BCUT2D eigenvalue weighted by Crippen LogP contribution is 2.25. The molecule has 0 fully saturated rings. The van der Waals surface area contributed by atoms with Crippen LogP contribution in [0.15, 0.2) is 40.2 Å². The van der Waals surface area contributed by atoms with Gasteiger partial charge in [0.2, 0.25) is 0 Å². The minimum Gasteiger partial charge on any atom is -0.281 e. The predicted octanol–water partition coefficient (Wildman–Crippen LogP) is 2.18. The average Bonchev–Trinajstić information content (AvgIpc) is 2.33. The summed E-state index contributed by atoms with van der Waals surface area (Å²) in [6.45, 7) is 1.95. The number of halogens is 1.